The number of hydrogen-bond acceptors (Lipinski definition) is 4. The van der Waals surface area contributed by atoms with E-state index in [0.717, 1.165) is 19.3 Å². The summed E-state index contributed by atoms with van der Waals surface area (Å²) in [6.07, 6.45) is 2.60. The number of benzene rings is 2. The van der Waals surface area contributed by atoms with E-state index in [0.29, 0.717) is 18.7 Å². The van der Waals surface area contributed by atoms with Crippen molar-refractivity contribution >= 4 is 27.5 Å². The van der Waals surface area contributed by atoms with E-state index in [2.05, 4.69) is 0 Å². The van der Waals surface area contributed by atoms with E-state index in [1.165, 1.54) is 46.6 Å². The molecule has 0 saturated carbocycles. The van der Waals surface area contributed by atoms with Gasteiger partial charge in [0.25, 0.3) is 5.91 Å². The third-order valence-corrected chi connectivity index (χ3v) is 7.47. The SMILES string of the molecule is COc1ccc(CN(C)C(=O)c2ccc(Cl)c(S(=O)(=O)N3CCCCC3)c2)cc1F. The molecule has 1 aliphatic heterocycles. The molecule has 0 aromatic heterocycles. The highest BCUT2D eigenvalue weighted by atomic mass is 35.5. The minimum absolute atomic E-state index is 0.0687. The van der Waals surface area contributed by atoms with E-state index in [9.17, 15) is 17.6 Å². The lowest BCUT2D eigenvalue weighted by Gasteiger charge is -2.26. The zero-order valence-electron chi connectivity index (χ0n) is 16.9. The molecule has 3 rings (SSSR count). The summed E-state index contributed by atoms with van der Waals surface area (Å²) in [5.74, 6) is -0.784. The Hall–Kier alpha value is -2.16. The first kappa shape index (κ1) is 22.5. The quantitative estimate of drug-likeness (QED) is 0.663. The first-order valence-electron chi connectivity index (χ1n) is 9.61. The zero-order valence-corrected chi connectivity index (χ0v) is 18.5. The van der Waals surface area contributed by atoms with Crippen LogP contribution in [0.5, 0.6) is 5.75 Å². The number of piperidine rings is 1. The fraction of sp³-hybridized carbons (Fsp3) is 0.381. The highest BCUT2D eigenvalue weighted by Gasteiger charge is 2.29. The van der Waals surface area contributed by atoms with Crippen LogP contribution in [-0.4, -0.2) is 50.8 Å². The Labute approximate surface area is 181 Å². The minimum Gasteiger partial charge on any atom is -0.494 e. The Morgan fingerprint density at radius 1 is 1.17 bits per heavy atom. The van der Waals surface area contributed by atoms with Crippen molar-refractivity contribution in [2.45, 2.75) is 30.7 Å². The Balaban J connectivity index is 1.82. The number of nitrogens with zero attached hydrogens (tertiary/aromatic N) is 2. The maximum atomic E-state index is 13.9. The lowest BCUT2D eigenvalue weighted by molar-refractivity contribution is 0.0784. The smallest absolute Gasteiger partial charge is 0.253 e. The van der Waals surface area contributed by atoms with Gasteiger partial charge in [-0.05, 0) is 48.7 Å². The molecule has 1 saturated heterocycles. The number of amides is 1. The molecule has 0 spiro atoms. The van der Waals surface area contributed by atoms with Gasteiger partial charge in [0.2, 0.25) is 10.0 Å². The number of carbonyl (C=O) groups is 1. The third-order valence-electron chi connectivity index (χ3n) is 5.09. The molecule has 9 heteroatoms. The first-order valence-corrected chi connectivity index (χ1v) is 11.4. The number of ether oxygens (including phenoxy) is 1. The molecule has 0 radical (unpaired) electrons. The van der Waals surface area contributed by atoms with Crippen molar-refractivity contribution < 1.29 is 22.3 Å². The van der Waals surface area contributed by atoms with Crippen LogP contribution in [0.3, 0.4) is 0 Å². The summed E-state index contributed by atoms with van der Waals surface area (Å²) in [6.45, 7) is 1.04. The molecule has 1 amide bonds. The number of rotatable bonds is 6. The van der Waals surface area contributed by atoms with Crippen molar-refractivity contribution in [2.75, 3.05) is 27.2 Å². The van der Waals surface area contributed by atoms with Gasteiger partial charge in [-0.15, -0.1) is 0 Å². The lowest BCUT2D eigenvalue weighted by atomic mass is 10.1. The van der Waals surface area contributed by atoms with Crippen LogP contribution in [0.15, 0.2) is 41.3 Å². The van der Waals surface area contributed by atoms with Crippen LogP contribution < -0.4 is 4.74 Å². The summed E-state index contributed by atoms with van der Waals surface area (Å²) in [6, 6.07) is 8.70. The molecule has 1 heterocycles. The maximum Gasteiger partial charge on any atom is 0.253 e. The highest BCUT2D eigenvalue weighted by molar-refractivity contribution is 7.89. The van der Waals surface area contributed by atoms with E-state index < -0.39 is 21.7 Å². The third kappa shape index (κ3) is 4.77. The lowest BCUT2D eigenvalue weighted by Crippen LogP contribution is -2.36. The van der Waals surface area contributed by atoms with Gasteiger partial charge in [0.1, 0.15) is 4.90 Å². The van der Waals surface area contributed by atoms with Crippen LogP contribution in [0.1, 0.15) is 35.2 Å². The van der Waals surface area contributed by atoms with Crippen molar-refractivity contribution in [3.05, 3.63) is 58.4 Å². The Kier molecular flexibility index (Phi) is 7.00. The number of halogens is 2. The Morgan fingerprint density at radius 2 is 1.87 bits per heavy atom. The average molecular weight is 455 g/mol. The van der Waals surface area contributed by atoms with Gasteiger partial charge in [-0.2, -0.15) is 4.31 Å². The Bertz CT molecular complexity index is 1040. The summed E-state index contributed by atoms with van der Waals surface area (Å²) in [7, 11) is -0.833. The second kappa shape index (κ2) is 9.32. The van der Waals surface area contributed by atoms with Crippen molar-refractivity contribution in [2.24, 2.45) is 0 Å². The molecule has 2 aromatic rings. The molecule has 0 atom stereocenters. The van der Waals surface area contributed by atoms with Crippen molar-refractivity contribution in [1.82, 2.24) is 9.21 Å². The van der Waals surface area contributed by atoms with Crippen LogP contribution in [0.4, 0.5) is 4.39 Å². The van der Waals surface area contributed by atoms with Gasteiger partial charge >= 0.3 is 0 Å². The van der Waals surface area contributed by atoms with Gasteiger partial charge in [0.05, 0.1) is 12.1 Å². The van der Waals surface area contributed by atoms with Crippen molar-refractivity contribution in [3.8, 4) is 5.75 Å². The van der Waals surface area contributed by atoms with E-state index in [4.69, 9.17) is 16.3 Å². The summed E-state index contributed by atoms with van der Waals surface area (Å²) < 4.78 is 46.2. The maximum absolute atomic E-state index is 13.9. The molecule has 162 valence electrons. The van der Waals surface area contributed by atoms with Crippen molar-refractivity contribution in [3.63, 3.8) is 0 Å². The van der Waals surface area contributed by atoms with Crippen LogP contribution in [-0.2, 0) is 16.6 Å². The zero-order chi connectivity index (χ0) is 21.9. The Morgan fingerprint density at radius 3 is 2.50 bits per heavy atom. The van der Waals surface area contributed by atoms with Crippen LogP contribution in [0.25, 0.3) is 0 Å². The summed E-state index contributed by atoms with van der Waals surface area (Å²) in [5, 5.41) is 0.0806. The molecule has 1 fully saturated rings. The molecule has 0 N–H and O–H groups in total. The van der Waals surface area contributed by atoms with E-state index in [-0.39, 0.29) is 27.8 Å². The van der Waals surface area contributed by atoms with E-state index in [1.54, 1.807) is 13.1 Å². The number of hydrogen-bond donors (Lipinski definition) is 0. The molecule has 0 unspecified atom stereocenters. The van der Waals surface area contributed by atoms with E-state index in [1.807, 2.05) is 0 Å². The predicted molar refractivity (Wildman–Crippen MR) is 113 cm³/mol. The number of methoxy groups -OCH3 is 1. The molecule has 2 aromatic carbocycles. The normalized spacial score (nSPS) is 15.1. The highest BCUT2D eigenvalue weighted by Crippen LogP contribution is 2.28. The van der Waals surface area contributed by atoms with E-state index >= 15 is 0 Å². The van der Waals surface area contributed by atoms with Gasteiger partial charge in [-0.1, -0.05) is 24.1 Å². The molecule has 6 nitrogen and oxygen atoms in total. The molecule has 30 heavy (non-hydrogen) atoms. The van der Waals surface area contributed by atoms with Gasteiger partial charge in [-0.3, -0.25) is 4.79 Å². The average Bonchev–Trinajstić information content (AvgIpc) is 2.74. The van der Waals surface area contributed by atoms with Crippen LogP contribution in [0.2, 0.25) is 5.02 Å². The fourth-order valence-corrected chi connectivity index (χ4v) is 5.47. The second-order valence-corrected chi connectivity index (χ2v) is 9.55. The van der Waals surface area contributed by atoms with Gasteiger partial charge < -0.3 is 9.64 Å². The monoisotopic (exact) mass is 454 g/mol. The van der Waals surface area contributed by atoms with Crippen molar-refractivity contribution in [1.29, 1.82) is 0 Å². The molecular formula is C21H24ClFN2O4S. The summed E-state index contributed by atoms with van der Waals surface area (Å²) in [4.78, 5) is 14.2. The molecule has 1 aliphatic rings. The molecule has 0 aliphatic carbocycles. The number of carbonyl (C=O) groups excluding carboxylic acids is 1. The summed E-state index contributed by atoms with van der Waals surface area (Å²) >= 11 is 6.18. The standard InChI is InChI=1S/C21H24ClFN2O4S/c1-24(14-15-6-9-19(29-2)18(23)12-15)21(26)16-7-8-17(22)20(13-16)30(27,28)25-10-4-3-5-11-25/h6-9,12-13H,3-5,10-11,14H2,1-2H3. The molecular weight excluding hydrogens is 431 g/mol. The van der Waals surface area contributed by atoms with Gasteiger partial charge in [0.15, 0.2) is 11.6 Å². The summed E-state index contributed by atoms with van der Waals surface area (Å²) in [5.41, 5.74) is 0.783. The minimum atomic E-state index is -3.78. The fourth-order valence-electron chi connectivity index (χ4n) is 3.45. The predicted octanol–water partition coefficient (Wildman–Crippen LogP) is 3.93. The van der Waals surface area contributed by atoms with Crippen LogP contribution in [0, 0.1) is 5.82 Å². The van der Waals surface area contributed by atoms with Gasteiger partial charge in [0, 0.05) is 32.2 Å². The molecule has 0 bridgehead atoms. The van der Waals surface area contributed by atoms with Crippen LogP contribution >= 0.6 is 11.6 Å². The number of sulfonamides is 1. The largest absolute Gasteiger partial charge is 0.494 e. The van der Waals surface area contributed by atoms with Gasteiger partial charge in [-0.25, -0.2) is 12.8 Å². The topological polar surface area (TPSA) is 66.9 Å². The second-order valence-electron chi connectivity index (χ2n) is 7.24. The first-order chi connectivity index (χ1) is 14.2.